The highest BCUT2D eigenvalue weighted by molar-refractivity contribution is 7.92. The van der Waals surface area contributed by atoms with Gasteiger partial charge in [-0.3, -0.25) is 9.10 Å². The predicted octanol–water partition coefficient (Wildman–Crippen LogP) is 3.57. The number of allylic oxidation sites excluding steroid dienone is 1. The van der Waals surface area contributed by atoms with Gasteiger partial charge in [0.2, 0.25) is 15.7 Å². The van der Waals surface area contributed by atoms with E-state index < -0.39 is 21.7 Å². The molecule has 1 N–H and O–H groups in total. The Bertz CT molecular complexity index is 1280. The Labute approximate surface area is 173 Å². The molecule has 0 unspecified atom stereocenters. The number of nitrogens with zero attached hydrogens (tertiary/aromatic N) is 2. The van der Waals surface area contributed by atoms with Crippen LogP contribution in [0.15, 0.2) is 41.3 Å². The van der Waals surface area contributed by atoms with Crippen molar-refractivity contribution in [3.63, 3.8) is 0 Å². The summed E-state index contributed by atoms with van der Waals surface area (Å²) >= 11 is 0. The van der Waals surface area contributed by atoms with Crippen LogP contribution in [0.5, 0.6) is 0 Å². The highest BCUT2D eigenvalue weighted by Crippen LogP contribution is 2.39. The normalized spacial score (nSPS) is 14.5. The zero-order valence-corrected chi connectivity index (χ0v) is 17.3. The van der Waals surface area contributed by atoms with Gasteiger partial charge < -0.3 is 9.73 Å². The first-order chi connectivity index (χ1) is 14.2. The molecule has 1 amide bonds. The maximum atomic E-state index is 13.4. The third-order valence-electron chi connectivity index (χ3n) is 5.08. The molecule has 0 bridgehead atoms. The minimum absolute atomic E-state index is 0.120. The van der Waals surface area contributed by atoms with Crippen molar-refractivity contribution in [2.45, 2.75) is 12.8 Å². The van der Waals surface area contributed by atoms with Crippen molar-refractivity contribution in [3.05, 3.63) is 53.9 Å². The van der Waals surface area contributed by atoms with Crippen molar-refractivity contribution in [2.75, 3.05) is 24.2 Å². The fourth-order valence-electron chi connectivity index (χ4n) is 3.62. The topological polar surface area (TPSA) is 92.5 Å². The summed E-state index contributed by atoms with van der Waals surface area (Å²) in [5.74, 6) is -0.348. The van der Waals surface area contributed by atoms with Crippen molar-refractivity contribution in [3.8, 4) is 11.3 Å². The SMILES string of the molecule is C=C1CCCN(S(C)(=O)=O)c2nc3oc(-c4ccc(F)cc4)c(C(=O)NC)c3cc21. The number of nitrogens with one attached hydrogen (secondary N) is 1. The summed E-state index contributed by atoms with van der Waals surface area (Å²) in [4.78, 5) is 17.2. The van der Waals surface area contributed by atoms with Crippen LogP contribution in [0, 0.1) is 5.82 Å². The molecule has 3 aromatic rings. The first kappa shape index (κ1) is 20.1. The minimum Gasteiger partial charge on any atom is -0.437 e. The number of rotatable bonds is 3. The van der Waals surface area contributed by atoms with E-state index >= 15 is 0 Å². The van der Waals surface area contributed by atoms with Gasteiger partial charge in [0.05, 0.1) is 17.2 Å². The number of pyridine rings is 1. The number of carbonyl (C=O) groups excluding carboxylic acids is 1. The smallest absolute Gasteiger partial charge is 0.255 e. The van der Waals surface area contributed by atoms with Crippen molar-refractivity contribution >= 4 is 38.4 Å². The van der Waals surface area contributed by atoms with Crippen molar-refractivity contribution in [2.24, 2.45) is 0 Å². The molecule has 0 radical (unpaired) electrons. The standard InChI is InChI=1S/C21H20FN3O4S/c1-12-5-4-10-25(30(3,27)28)19-15(12)11-16-17(20(26)23-2)18(29-21(16)24-19)13-6-8-14(22)9-7-13/h6-9,11H,1,4-5,10H2,2-3H3,(H,23,26). The molecule has 0 spiro atoms. The number of furan rings is 1. The number of halogens is 1. The first-order valence-corrected chi connectivity index (χ1v) is 11.2. The summed E-state index contributed by atoms with van der Waals surface area (Å²) < 4.78 is 45.2. The molecule has 0 fully saturated rings. The summed E-state index contributed by atoms with van der Waals surface area (Å²) in [5.41, 5.74) is 2.16. The van der Waals surface area contributed by atoms with Crippen molar-refractivity contribution in [1.29, 1.82) is 0 Å². The van der Waals surface area contributed by atoms with Crippen LogP contribution in [-0.4, -0.2) is 39.2 Å². The summed E-state index contributed by atoms with van der Waals surface area (Å²) in [5, 5.41) is 3.02. The summed E-state index contributed by atoms with van der Waals surface area (Å²) in [6.07, 6.45) is 2.33. The van der Waals surface area contributed by atoms with Gasteiger partial charge in [-0.2, -0.15) is 4.98 Å². The number of hydrogen-bond acceptors (Lipinski definition) is 5. The van der Waals surface area contributed by atoms with Crippen LogP contribution in [0.4, 0.5) is 10.2 Å². The molecule has 30 heavy (non-hydrogen) atoms. The van der Waals surface area contributed by atoms with Crippen LogP contribution in [0.25, 0.3) is 28.0 Å². The molecule has 9 heteroatoms. The Morgan fingerprint density at radius 1 is 1.30 bits per heavy atom. The Kier molecular flexibility index (Phi) is 4.85. The lowest BCUT2D eigenvalue weighted by Gasteiger charge is -2.20. The fraction of sp³-hybridized carbons (Fsp3) is 0.238. The molecule has 156 valence electrons. The fourth-order valence-corrected chi connectivity index (χ4v) is 4.53. The number of amides is 1. The third kappa shape index (κ3) is 3.35. The number of aromatic nitrogens is 1. The van der Waals surface area contributed by atoms with Crippen molar-refractivity contribution < 1.29 is 22.0 Å². The van der Waals surface area contributed by atoms with E-state index in [1.165, 1.54) is 35.6 Å². The lowest BCUT2D eigenvalue weighted by Crippen LogP contribution is -2.31. The molecule has 0 saturated carbocycles. The van der Waals surface area contributed by atoms with E-state index in [0.29, 0.717) is 29.4 Å². The molecule has 3 heterocycles. The first-order valence-electron chi connectivity index (χ1n) is 9.32. The quantitative estimate of drug-likeness (QED) is 0.687. The highest BCUT2D eigenvalue weighted by Gasteiger charge is 2.30. The second kappa shape index (κ2) is 7.24. The number of fused-ring (bicyclic) bond motifs is 2. The zero-order chi connectivity index (χ0) is 21.6. The monoisotopic (exact) mass is 429 g/mol. The van der Waals surface area contributed by atoms with Gasteiger partial charge in [-0.25, -0.2) is 12.8 Å². The maximum Gasteiger partial charge on any atom is 0.255 e. The molecule has 4 rings (SSSR count). The molecule has 0 atom stereocenters. The molecule has 0 saturated heterocycles. The number of benzene rings is 1. The van der Waals surface area contributed by atoms with Gasteiger partial charge in [0, 0.05) is 24.7 Å². The summed E-state index contributed by atoms with van der Waals surface area (Å²) in [6, 6.07) is 7.25. The van der Waals surface area contributed by atoms with E-state index in [2.05, 4.69) is 16.9 Å². The van der Waals surface area contributed by atoms with Crippen molar-refractivity contribution in [1.82, 2.24) is 10.3 Å². The van der Waals surface area contributed by atoms with E-state index in [9.17, 15) is 17.6 Å². The van der Waals surface area contributed by atoms with Gasteiger partial charge in [-0.05, 0) is 48.7 Å². The molecule has 7 nitrogen and oxygen atoms in total. The lowest BCUT2D eigenvalue weighted by atomic mass is 10.0. The Balaban J connectivity index is 2.04. The molecular weight excluding hydrogens is 409 g/mol. The number of anilines is 1. The van der Waals surface area contributed by atoms with E-state index in [-0.39, 0.29) is 29.4 Å². The maximum absolute atomic E-state index is 13.4. The predicted molar refractivity (Wildman–Crippen MR) is 113 cm³/mol. The number of sulfonamides is 1. The summed E-state index contributed by atoms with van der Waals surface area (Å²) in [7, 11) is -2.07. The Morgan fingerprint density at radius 2 is 2.00 bits per heavy atom. The van der Waals surface area contributed by atoms with E-state index in [1.807, 2.05) is 0 Å². The zero-order valence-electron chi connectivity index (χ0n) is 16.5. The molecule has 1 aromatic carbocycles. The van der Waals surface area contributed by atoms with E-state index in [0.717, 1.165) is 11.8 Å². The van der Waals surface area contributed by atoms with Gasteiger partial charge >= 0.3 is 0 Å². The molecular formula is C21H20FN3O4S. The van der Waals surface area contributed by atoms with E-state index in [1.54, 1.807) is 6.07 Å². The average Bonchev–Trinajstić information content (AvgIpc) is 2.98. The third-order valence-corrected chi connectivity index (χ3v) is 6.24. The molecule has 1 aliphatic heterocycles. The Morgan fingerprint density at radius 3 is 2.63 bits per heavy atom. The van der Waals surface area contributed by atoms with Crippen LogP contribution in [0.2, 0.25) is 0 Å². The highest BCUT2D eigenvalue weighted by atomic mass is 32.2. The second-order valence-electron chi connectivity index (χ2n) is 7.15. The van der Waals surface area contributed by atoms with Gasteiger partial charge in [0.25, 0.3) is 5.91 Å². The number of hydrogen-bond donors (Lipinski definition) is 1. The van der Waals surface area contributed by atoms with Crippen LogP contribution in [0.1, 0.15) is 28.8 Å². The van der Waals surface area contributed by atoms with Gasteiger partial charge in [-0.15, -0.1) is 0 Å². The van der Waals surface area contributed by atoms with Gasteiger partial charge in [-0.1, -0.05) is 6.58 Å². The van der Waals surface area contributed by atoms with Crippen LogP contribution in [-0.2, 0) is 10.0 Å². The minimum atomic E-state index is -3.57. The second-order valence-corrected chi connectivity index (χ2v) is 9.05. The van der Waals surface area contributed by atoms with Crippen LogP contribution >= 0.6 is 0 Å². The largest absolute Gasteiger partial charge is 0.437 e. The van der Waals surface area contributed by atoms with Gasteiger partial charge in [0.1, 0.15) is 11.6 Å². The average molecular weight is 429 g/mol. The van der Waals surface area contributed by atoms with Gasteiger partial charge in [0.15, 0.2) is 5.82 Å². The Hall–Kier alpha value is -3.20. The van der Waals surface area contributed by atoms with E-state index in [4.69, 9.17) is 4.42 Å². The lowest BCUT2D eigenvalue weighted by molar-refractivity contribution is 0.0964. The molecule has 1 aliphatic rings. The van der Waals surface area contributed by atoms with Crippen LogP contribution in [0.3, 0.4) is 0 Å². The number of carbonyl (C=O) groups is 1. The van der Waals surface area contributed by atoms with Crippen LogP contribution < -0.4 is 9.62 Å². The molecule has 2 aromatic heterocycles. The molecule has 0 aliphatic carbocycles. The summed E-state index contributed by atoms with van der Waals surface area (Å²) in [6.45, 7) is 4.35.